The van der Waals surface area contributed by atoms with Crippen molar-refractivity contribution < 1.29 is 14.6 Å². The van der Waals surface area contributed by atoms with Gasteiger partial charge >= 0.3 is 0 Å². The molecule has 1 aliphatic rings. The van der Waals surface area contributed by atoms with E-state index in [9.17, 15) is 9.90 Å². The van der Waals surface area contributed by atoms with Gasteiger partial charge in [0.2, 0.25) is 5.91 Å². The van der Waals surface area contributed by atoms with E-state index in [1.165, 1.54) is 0 Å². The predicted octanol–water partition coefficient (Wildman–Crippen LogP) is 0.770. The fraction of sp³-hybridized carbons (Fsp3) is 0.375. The summed E-state index contributed by atoms with van der Waals surface area (Å²) >= 11 is 0. The smallest absolute Gasteiger partial charge is 0.242 e. The van der Waals surface area contributed by atoms with Crippen LogP contribution in [0.4, 0.5) is 0 Å². The quantitative estimate of drug-likeness (QED) is 0.909. The minimum Gasteiger partial charge on any atom is -0.389 e. The Kier molecular flexibility index (Phi) is 4.50. The number of ether oxygens (including phenoxy) is 1. The molecule has 1 fully saturated rings. The van der Waals surface area contributed by atoms with E-state index in [-0.39, 0.29) is 19.1 Å². The number of aliphatic hydroxyl groups excluding tert-OH is 1. The molecule has 1 aromatic carbocycles. The monoisotopic (exact) mass is 301 g/mol. The van der Waals surface area contributed by atoms with E-state index in [0.29, 0.717) is 19.7 Å². The molecular weight excluding hydrogens is 282 g/mol. The van der Waals surface area contributed by atoms with E-state index in [0.717, 1.165) is 11.4 Å². The Morgan fingerprint density at radius 2 is 2.18 bits per heavy atom. The Labute approximate surface area is 129 Å². The second kappa shape index (κ2) is 6.72. The van der Waals surface area contributed by atoms with Gasteiger partial charge in [-0.15, -0.1) is 0 Å². The van der Waals surface area contributed by atoms with Crippen molar-refractivity contribution in [3.63, 3.8) is 0 Å². The summed E-state index contributed by atoms with van der Waals surface area (Å²) in [5, 5.41) is 9.73. The summed E-state index contributed by atoms with van der Waals surface area (Å²) in [6.07, 6.45) is 2.86. The molecule has 0 bridgehead atoms. The van der Waals surface area contributed by atoms with Crippen LogP contribution in [0.2, 0.25) is 0 Å². The lowest BCUT2D eigenvalue weighted by Gasteiger charge is -2.22. The number of amides is 1. The van der Waals surface area contributed by atoms with Gasteiger partial charge < -0.3 is 19.3 Å². The molecule has 1 N–H and O–H groups in total. The lowest BCUT2D eigenvalue weighted by molar-refractivity contribution is -0.132. The molecule has 2 aromatic rings. The van der Waals surface area contributed by atoms with Crippen molar-refractivity contribution >= 4 is 5.91 Å². The Morgan fingerprint density at radius 1 is 1.36 bits per heavy atom. The molecule has 0 radical (unpaired) electrons. The van der Waals surface area contributed by atoms with Crippen LogP contribution in [0.3, 0.4) is 0 Å². The normalized spacial score (nSPS) is 19.0. The first kappa shape index (κ1) is 14.7. The fourth-order valence-electron chi connectivity index (χ4n) is 2.55. The molecule has 1 amide bonds. The zero-order chi connectivity index (χ0) is 15.4. The third-order valence-corrected chi connectivity index (χ3v) is 3.65. The van der Waals surface area contributed by atoms with E-state index in [1.54, 1.807) is 17.3 Å². The molecule has 1 aromatic heterocycles. The number of β-amino-alcohol motifs (C(OH)–C–C–N with tert-alkyl or cyclic N) is 1. The second-order valence-electron chi connectivity index (χ2n) is 5.31. The van der Waals surface area contributed by atoms with Crippen molar-refractivity contribution in [3.8, 4) is 11.4 Å². The summed E-state index contributed by atoms with van der Waals surface area (Å²) in [5.74, 6) is 0.723. The Morgan fingerprint density at radius 3 is 3.00 bits per heavy atom. The van der Waals surface area contributed by atoms with Gasteiger partial charge in [-0.3, -0.25) is 4.79 Å². The number of imidazole rings is 1. The fourth-order valence-corrected chi connectivity index (χ4v) is 2.55. The molecule has 0 spiro atoms. The van der Waals surface area contributed by atoms with Gasteiger partial charge in [0.15, 0.2) is 0 Å². The van der Waals surface area contributed by atoms with E-state index in [4.69, 9.17) is 4.74 Å². The third kappa shape index (κ3) is 3.35. The largest absolute Gasteiger partial charge is 0.389 e. The van der Waals surface area contributed by atoms with Crippen molar-refractivity contribution in [1.29, 1.82) is 0 Å². The van der Waals surface area contributed by atoms with Crippen molar-refractivity contribution in [2.45, 2.75) is 12.6 Å². The van der Waals surface area contributed by atoms with E-state index in [2.05, 4.69) is 4.98 Å². The van der Waals surface area contributed by atoms with Crippen molar-refractivity contribution in [3.05, 3.63) is 42.7 Å². The molecular formula is C16H19N3O3. The number of hydrogen-bond donors (Lipinski definition) is 1. The van der Waals surface area contributed by atoms with E-state index in [1.807, 2.05) is 34.9 Å². The number of rotatable bonds is 3. The molecule has 116 valence electrons. The van der Waals surface area contributed by atoms with Crippen LogP contribution in [0.15, 0.2) is 42.7 Å². The zero-order valence-corrected chi connectivity index (χ0v) is 12.3. The number of aliphatic hydroxyl groups is 1. The van der Waals surface area contributed by atoms with Crippen molar-refractivity contribution in [2.24, 2.45) is 0 Å². The maximum absolute atomic E-state index is 12.5. The van der Waals surface area contributed by atoms with Gasteiger partial charge in [-0.1, -0.05) is 30.3 Å². The first-order valence-electron chi connectivity index (χ1n) is 7.34. The topological polar surface area (TPSA) is 67.6 Å². The van der Waals surface area contributed by atoms with Gasteiger partial charge in [-0.05, 0) is 0 Å². The van der Waals surface area contributed by atoms with Crippen molar-refractivity contribution in [2.75, 3.05) is 26.3 Å². The lowest BCUT2D eigenvalue weighted by atomic mass is 10.2. The summed E-state index contributed by atoms with van der Waals surface area (Å²) in [6, 6.07) is 9.76. The van der Waals surface area contributed by atoms with Gasteiger partial charge in [0.25, 0.3) is 0 Å². The maximum atomic E-state index is 12.5. The van der Waals surface area contributed by atoms with Gasteiger partial charge in [0, 0.05) is 31.0 Å². The van der Waals surface area contributed by atoms with Crippen LogP contribution in [-0.2, 0) is 16.1 Å². The first-order chi connectivity index (χ1) is 10.7. The maximum Gasteiger partial charge on any atom is 0.242 e. The molecule has 1 saturated heterocycles. The van der Waals surface area contributed by atoms with Gasteiger partial charge in [0.05, 0.1) is 19.3 Å². The zero-order valence-electron chi connectivity index (χ0n) is 12.3. The molecule has 3 rings (SSSR count). The molecule has 1 aliphatic heterocycles. The van der Waals surface area contributed by atoms with Crippen LogP contribution in [-0.4, -0.2) is 57.9 Å². The Hall–Kier alpha value is -2.18. The van der Waals surface area contributed by atoms with Crippen LogP contribution < -0.4 is 0 Å². The average Bonchev–Trinajstić information content (AvgIpc) is 2.88. The Bertz CT molecular complexity index is 627. The number of benzene rings is 1. The molecule has 6 nitrogen and oxygen atoms in total. The number of carbonyl (C=O) groups is 1. The highest BCUT2D eigenvalue weighted by Crippen LogP contribution is 2.17. The average molecular weight is 301 g/mol. The number of carbonyl (C=O) groups excluding carboxylic acids is 1. The summed E-state index contributed by atoms with van der Waals surface area (Å²) in [6.45, 7) is 1.76. The number of aromatic nitrogens is 2. The number of nitrogens with zero attached hydrogens (tertiary/aromatic N) is 3. The summed E-state index contributed by atoms with van der Waals surface area (Å²) < 4.78 is 7.08. The van der Waals surface area contributed by atoms with E-state index < -0.39 is 6.10 Å². The summed E-state index contributed by atoms with van der Waals surface area (Å²) in [5.41, 5.74) is 0.972. The second-order valence-corrected chi connectivity index (χ2v) is 5.31. The van der Waals surface area contributed by atoms with Gasteiger partial charge in [-0.25, -0.2) is 4.98 Å². The van der Waals surface area contributed by atoms with Crippen LogP contribution in [0.1, 0.15) is 0 Å². The van der Waals surface area contributed by atoms with Gasteiger partial charge in [0.1, 0.15) is 12.4 Å². The minimum absolute atomic E-state index is 0.0419. The SMILES string of the molecule is O=C(Cn1ccnc1-c1ccccc1)N1CCOC[C@H](O)C1. The highest BCUT2D eigenvalue weighted by molar-refractivity contribution is 5.76. The molecule has 22 heavy (non-hydrogen) atoms. The van der Waals surface area contributed by atoms with Crippen LogP contribution in [0.5, 0.6) is 0 Å². The lowest BCUT2D eigenvalue weighted by Crippen LogP contribution is -2.39. The first-order valence-corrected chi connectivity index (χ1v) is 7.34. The van der Waals surface area contributed by atoms with Gasteiger partial charge in [-0.2, -0.15) is 0 Å². The highest BCUT2D eigenvalue weighted by atomic mass is 16.5. The van der Waals surface area contributed by atoms with Crippen LogP contribution in [0.25, 0.3) is 11.4 Å². The molecule has 1 atom stereocenters. The highest BCUT2D eigenvalue weighted by Gasteiger charge is 2.21. The molecule has 2 heterocycles. The molecule has 0 aliphatic carbocycles. The minimum atomic E-state index is -0.622. The number of hydrogen-bond acceptors (Lipinski definition) is 4. The van der Waals surface area contributed by atoms with E-state index >= 15 is 0 Å². The standard InChI is InChI=1S/C16H19N3O3/c20-14-10-18(8-9-22-12-14)15(21)11-19-7-6-17-16(19)13-4-2-1-3-5-13/h1-7,14,20H,8-12H2/t14-/m1/s1. The molecule has 0 unspecified atom stereocenters. The summed E-state index contributed by atoms with van der Waals surface area (Å²) in [4.78, 5) is 18.4. The van der Waals surface area contributed by atoms with Crippen LogP contribution >= 0.6 is 0 Å². The third-order valence-electron chi connectivity index (χ3n) is 3.65. The summed E-state index contributed by atoms with van der Waals surface area (Å²) in [7, 11) is 0. The predicted molar refractivity (Wildman–Crippen MR) is 81.1 cm³/mol. The van der Waals surface area contributed by atoms with Crippen molar-refractivity contribution in [1.82, 2.24) is 14.5 Å². The molecule has 0 saturated carbocycles. The van der Waals surface area contributed by atoms with Crippen LogP contribution in [0, 0.1) is 0 Å². The molecule has 6 heteroatoms. The Balaban J connectivity index is 1.73.